The number of halogens is 1. The van der Waals surface area contributed by atoms with Crippen LogP contribution >= 0.6 is 15.9 Å². The second-order valence-corrected chi connectivity index (χ2v) is 7.01. The van der Waals surface area contributed by atoms with Gasteiger partial charge in [-0.15, -0.1) is 0 Å². The average Bonchev–Trinajstić information content (AvgIpc) is 2.91. The van der Waals surface area contributed by atoms with Crippen LogP contribution < -0.4 is 5.32 Å². The van der Waals surface area contributed by atoms with E-state index in [2.05, 4.69) is 41.0 Å². The minimum atomic E-state index is -0.157. The van der Waals surface area contributed by atoms with Crippen molar-refractivity contribution in [1.29, 1.82) is 0 Å². The smallest absolute Gasteiger partial charge is 0.305 e. The summed E-state index contributed by atoms with van der Waals surface area (Å²) in [6.45, 7) is 3.81. The van der Waals surface area contributed by atoms with Gasteiger partial charge in [0.05, 0.1) is 31.6 Å². The molecule has 1 aliphatic rings. The van der Waals surface area contributed by atoms with E-state index in [-0.39, 0.29) is 18.3 Å². The number of hydrogen-bond acceptors (Lipinski definition) is 6. The molecule has 1 aliphatic heterocycles. The molecule has 3 rings (SSSR count). The molecule has 29 heavy (non-hydrogen) atoms. The number of benzene rings is 1. The van der Waals surface area contributed by atoms with Crippen LogP contribution in [0, 0.1) is 0 Å². The van der Waals surface area contributed by atoms with E-state index in [9.17, 15) is 9.59 Å². The Hall–Kier alpha value is -2.87. The number of fused-ring (bicyclic) bond motifs is 1. The first-order valence-corrected chi connectivity index (χ1v) is 9.86. The fourth-order valence-electron chi connectivity index (χ4n) is 2.42. The van der Waals surface area contributed by atoms with Crippen molar-refractivity contribution in [2.24, 2.45) is 9.98 Å². The fraction of sp³-hybridized carbons (Fsp3) is 0.286. The van der Waals surface area contributed by atoms with Crippen LogP contribution in [0.25, 0.3) is 0 Å². The number of methoxy groups -OCH3 is 1. The molecule has 0 unspecified atom stereocenters. The lowest BCUT2D eigenvalue weighted by Crippen LogP contribution is -2.16. The van der Waals surface area contributed by atoms with Gasteiger partial charge in [-0.05, 0) is 37.3 Å². The Kier molecular flexibility index (Phi) is 8.67. The topological polar surface area (TPSA) is 93.0 Å². The maximum absolute atomic E-state index is 11.2. The SMILES string of the molecule is CC(=O)CN=C1CN=C(c2ccccn2)c2cc(Br)ccc2N1.CCC(=O)OC. The fourth-order valence-corrected chi connectivity index (χ4v) is 2.78. The Morgan fingerprint density at radius 3 is 2.66 bits per heavy atom. The van der Waals surface area contributed by atoms with Crippen LogP contribution in [0.5, 0.6) is 0 Å². The first-order valence-electron chi connectivity index (χ1n) is 9.07. The molecular weight excluding hydrogens is 436 g/mol. The van der Waals surface area contributed by atoms with Crippen molar-refractivity contribution in [2.45, 2.75) is 20.3 Å². The molecule has 0 fully saturated rings. The van der Waals surface area contributed by atoms with Gasteiger partial charge in [-0.1, -0.05) is 28.9 Å². The molecule has 0 saturated heterocycles. The van der Waals surface area contributed by atoms with E-state index in [0.29, 0.717) is 18.8 Å². The van der Waals surface area contributed by atoms with E-state index in [1.165, 1.54) is 14.0 Å². The highest BCUT2D eigenvalue weighted by molar-refractivity contribution is 9.10. The zero-order valence-corrected chi connectivity index (χ0v) is 18.2. The minimum Gasteiger partial charge on any atom is -0.469 e. The number of amidine groups is 1. The second-order valence-electron chi connectivity index (χ2n) is 6.09. The molecule has 1 aromatic carbocycles. The minimum absolute atomic E-state index is 0.0218. The number of aromatic nitrogens is 1. The quantitative estimate of drug-likeness (QED) is 0.705. The first-order chi connectivity index (χ1) is 13.9. The normalized spacial score (nSPS) is 13.8. The number of aliphatic imine (C=N–C) groups is 2. The lowest BCUT2D eigenvalue weighted by Gasteiger charge is -2.10. The third-order valence-electron chi connectivity index (χ3n) is 3.82. The average molecular weight is 459 g/mol. The van der Waals surface area contributed by atoms with Gasteiger partial charge in [0.1, 0.15) is 5.84 Å². The third kappa shape index (κ3) is 6.90. The van der Waals surface area contributed by atoms with E-state index in [1.807, 2.05) is 36.4 Å². The van der Waals surface area contributed by atoms with Crippen LogP contribution in [0.4, 0.5) is 5.69 Å². The summed E-state index contributed by atoms with van der Waals surface area (Å²) in [7, 11) is 1.38. The van der Waals surface area contributed by atoms with Gasteiger partial charge in [-0.2, -0.15) is 0 Å². The predicted molar refractivity (Wildman–Crippen MR) is 118 cm³/mol. The second kappa shape index (κ2) is 11.2. The number of esters is 1. The largest absolute Gasteiger partial charge is 0.469 e. The summed E-state index contributed by atoms with van der Waals surface area (Å²) in [6.07, 6.45) is 2.22. The molecule has 152 valence electrons. The number of hydrogen-bond donors (Lipinski definition) is 1. The number of anilines is 1. The molecule has 2 aromatic rings. The van der Waals surface area contributed by atoms with E-state index >= 15 is 0 Å². The standard InChI is InChI=1S/C17H15BrN4O.C4H8O2/c1-11(23)9-20-16-10-21-17(15-4-2-3-7-19-15)13-8-12(18)5-6-14(13)22-16;1-3-4(5)6-2/h2-8H,9-10H2,1H3,(H,20,22);3H2,1-2H3. The van der Waals surface area contributed by atoms with Gasteiger partial charge in [0.15, 0.2) is 5.78 Å². The number of nitrogens with zero attached hydrogens (tertiary/aromatic N) is 3. The summed E-state index contributed by atoms with van der Waals surface area (Å²) in [5.74, 6) is 0.540. The Bertz CT molecular complexity index is 921. The maximum Gasteiger partial charge on any atom is 0.305 e. The number of ether oxygens (including phenoxy) is 1. The summed E-state index contributed by atoms with van der Waals surface area (Å²) < 4.78 is 5.22. The molecule has 7 nitrogen and oxygen atoms in total. The molecule has 1 aromatic heterocycles. The summed E-state index contributed by atoms with van der Waals surface area (Å²) >= 11 is 3.50. The molecule has 8 heteroatoms. The van der Waals surface area contributed by atoms with Crippen molar-refractivity contribution >= 4 is 44.9 Å². The number of carbonyl (C=O) groups excluding carboxylic acids is 2. The van der Waals surface area contributed by atoms with Gasteiger partial charge < -0.3 is 10.1 Å². The van der Waals surface area contributed by atoms with Gasteiger partial charge in [0, 0.05) is 28.3 Å². The highest BCUT2D eigenvalue weighted by Gasteiger charge is 2.18. The van der Waals surface area contributed by atoms with E-state index < -0.39 is 0 Å². The summed E-state index contributed by atoms with van der Waals surface area (Å²) in [5.41, 5.74) is 3.47. The summed E-state index contributed by atoms with van der Waals surface area (Å²) in [6, 6.07) is 11.7. The van der Waals surface area contributed by atoms with Crippen molar-refractivity contribution < 1.29 is 14.3 Å². The lowest BCUT2D eigenvalue weighted by atomic mass is 10.0. The van der Waals surface area contributed by atoms with Gasteiger partial charge in [-0.25, -0.2) is 0 Å². The highest BCUT2D eigenvalue weighted by atomic mass is 79.9. The van der Waals surface area contributed by atoms with Crippen LogP contribution in [0.1, 0.15) is 31.5 Å². The predicted octanol–water partition coefficient (Wildman–Crippen LogP) is 3.66. The van der Waals surface area contributed by atoms with E-state index in [0.717, 1.165) is 27.1 Å². The van der Waals surface area contributed by atoms with Crippen LogP contribution in [0.2, 0.25) is 0 Å². The molecule has 1 N–H and O–H groups in total. The van der Waals surface area contributed by atoms with Crippen molar-refractivity contribution in [2.75, 3.05) is 25.5 Å². The molecule has 2 heterocycles. The maximum atomic E-state index is 11.2. The summed E-state index contributed by atoms with van der Waals surface area (Å²) in [4.78, 5) is 34.5. The Labute approximate surface area is 178 Å². The third-order valence-corrected chi connectivity index (χ3v) is 4.31. The monoisotopic (exact) mass is 458 g/mol. The number of ketones is 1. The highest BCUT2D eigenvalue weighted by Crippen LogP contribution is 2.25. The van der Waals surface area contributed by atoms with Crippen LogP contribution in [0.15, 0.2) is 57.1 Å². The number of carbonyl (C=O) groups is 2. The van der Waals surface area contributed by atoms with Crippen molar-refractivity contribution in [3.63, 3.8) is 0 Å². The molecule has 0 saturated carbocycles. The molecule has 0 spiro atoms. The van der Waals surface area contributed by atoms with Crippen molar-refractivity contribution in [1.82, 2.24) is 4.98 Å². The number of benzodiazepines with no additional fused rings is 1. The van der Waals surface area contributed by atoms with Crippen LogP contribution in [0.3, 0.4) is 0 Å². The Balaban J connectivity index is 0.000000438. The van der Waals surface area contributed by atoms with Crippen LogP contribution in [-0.4, -0.2) is 48.5 Å². The number of nitrogens with one attached hydrogen (secondary N) is 1. The molecule has 0 amide bonds. The molecule has 0 atom stereocenters. The number of rotatable bonds is 4. The molecule has 0 aliphatic carbocycles. The van der Waals surface area contributed by atoms with Crippen molar-refractivity contribution in [3.05, 3.63) is 58.3 Å². The molecular formula is C21H23BrN4O3. The van der Waals surface area contributed by atoms with E-state index in [4.69, 9.17) is 0 Å². The van der Waals surface area contributed by atoms with E-state index in [1.54, 1.807) is 13.1 Å². The Morgan fingerprint density at radius 2 is 2.07 bits per heavy atom. The lowest BCUT2D eigenvalue weighted by molar-refractivity contribution is -0.140. The van der Waals surface area contributed by atoms with Gasteiger partial charge in [0.2, 0.25) is 0 Å². The van der Waals surface area contributed by atoms with Gasteiger partial charge >= 0.3 is 5.97 Å². The summed E-state index contributed by atoms with van der Waals surface area (Å²) in [5, 5.41) is 3.28. The zero-order chi connectivity index (χ0) is 21.2. The zero-order valence-electron chi connectivity index (χ0n) is 16.6. The molecule has 0 radical (unpaired) electrons. The van der Waals surface area contributed by atoms with Crippen molar-refractivity contribution in [3.8, 4) is 0 Å². The first kappa shape index (κ1) is 22.4. The van der Waals surface area contributed by atoms with Crippen LogP contribution in [-0.2, 0) is 14.3 Å². The number of Topliss-reactive ketones (excluding diaryl/α,β-unsaturated/α-hetero) is 1. The Morgan fingerprint density at radius 1 is 1.28 bits per heavy atom. The van der Waals surface area contributed by atoms with Gasteiger partial charge in [0.25, 0.3) is 0 Å². The molecule has 0 bridgehead atoms. The number of pyridine rings is 1. The van der Waals surface area contributed by atoms with Gasteiger partial charge in [-0.3, -0.25) is 24.6 Å².